The van der Waals surface area contributed by atoms with E-state index in [0.29, 0.717) is 29.7 Å². The molecular formula is C39H49N5O5S. The number of amides is 2. The number of para-hydroxylation sites is 1. The van der Waals surface area contributed by atoms with Crippen molar-refractivity contribution in [2.24, 2.45) is 0 Å². The highest BCUT2D eigenvalue weighted by Gasteiger charge is 2.26. The molecule has 0 aliphatic carbocycles. The number of thiazole rings is 1. The van der Waals surface area contributed by atoms with Gasteiger partial charge < -0.3 is 14.2 Å². The molecular weight excluding hydrogens is 651 g/mol. The van der Waals surface area contributed by atoms with E-state index in [2.05, 4.69) is 35.1 Å². The molecule has 0 saturated carbocycles. The van der Waals surface area contributed by atoms with Crippen LogP contribution in [0.15, 0.2) is 54.6 Å². The van der Waals surface area contributed by atoms with Crippen LogP contribution in [0, 0.1) is 0 Å². The first-order chi connectivity index (χ1) is 24.5. The van der Waals surface area contributed by atoms with Gasteiger partial charge in [0, 0.05) is 37.4 Å². The molecule has 6 rings (SSSR count). The maximum Gasteiger partial charge on any atom is 0.361 e. The molecule has 2 aromatic heterocycles. The second kappa shape index (κ2) is 17.7. The number of nitrogens with one attached hydrogen (secondary N) is 1. The molecule has 1 N–H and O–H groups in total. The first-order valence-electron chi connectivity index (χ1n) is 18.2. The first kappa shape index (κ1) is 35.8. The lowest BCUT2D eigenvalue weighted by molar-refractivity contribution is 0.0241. The molecule has 11 heteroatoms. The van der Waals surface area contributed by atoms with Gasteiger partial charge in [-0.1, -0.05) is 68.7 Å². The molecule has 10 nitrogen and oxygen atoms in total. The fourth-order valence-corrected chi connectivity index (χ4v) is 7.46. The van der Waals surface area contributed by atoms with Gasteiger partial charge in [0.15, 0.2) is 16.6 Å². The number of carbonyl (C=O) groups excluding carboxylic acids is 2. The summed E-state index contributed by atoms with van der Waals surface area (Å²) < 4.78 is 18.8. The topological polar surface area (TPSA) is 106 Å². The van der Waals surface area contributed by atoms with Crippen LogP contribution in [0.3, 0.4) is 0 Å². The number of unbranched alkanes of at least 4 members (excludes halogenated alkanes) is 2. The standard InChI is InChI=1S/C39H49N5O5S/c1-3-5-6-13-30(11-4-2)49-37(45)36-34(48-24-10-20-43-22-25-47-26-23-43)19-18-31(40-36)29-17-16-28-12-9-21-44(33(28)27-29)39(46)42-38-41-32-14-7-8-15-35(32)50-38/h7-8,14-19,27,30H,3-6,9-13,20-26H2,1-2H3,(H,41,42,46). The Balaban J connectivity index is 1.22. The SMILES string of the molecule is CCCCCC(CCC)OC(=O)c1nc(-c2ccc3c(c2)N(C(=O)Nc2nc4ccccc4s2)CCC3)ccc1OCCCN1CCOCC1. The molecule has 1 saturated heterocycles. The number of aromatic nitrogens is 2. The van der Waals surface area contributed by atoms with Gasteiger partial charge in [-0.3, -0.25) is 15.1 Å². The highest BCUT2D eigenvalue weighted by atomic mass is 32.1. The van der Waals surface area contributed by atoms with E-state index in [0.717, 1.165) is 118 Å². The van der Waals surface area contributed by atoms with E-state index >= 15 is 0 Å². The largest absolute Gasteiger partial charge is 0.491 e. The van der Waals surface area contributed by atoms with Gasteiger partial charge in [0.2, 0.25) is 0 Å². The van der Waals surface area contributed by atoms with Crippen LogP contribution in [0.2, 0.25) is 0 Å². The molecule has 50 heavy (non-hydrogen) atoms. The van der Waals surface area contributed by atoms with Gasteiger partial charge in [-0.25, -0.2) is 19.6 Å². The second-order valence-electron chi connectivity index (χ2n) is 13.0. The molecule has 2 amide bonds. The average Bonchev–Trinajstić information content (AvgIpc) is 3.56. The predicted octanol–water partition coefficient (Wildman–Crippen LogP) is 8.35. The van der Waals surface area contributed by atoms with E-state index < -0.39 is 5.97 Å². The van der Waals surface area contributed by atoms with Crippen molar-refractivity contribution in [1.82, 2.24) is 14.9 Å². The normalized spacial score (nSPS) is 15.4. The van der Waals surface area contributed by atoms with Gasteiger partial charge in [0.25, 0.3) is 0 Å². The minimum Gasteiger partial charge on any atom is -0.491 e. The lowest BCUT2D eigenvalue weighted by Gasteiger charge is -2.29. The molecule has 2 aliphatic rings. The van der Waals surface area contributed by atoms with Gasteiger partial charge in [-0.2, -0.15) is 0 Å². The Bertz CT molecular complexity index is 1710. The molecule has 2 aliphatic heterocycles. The molecule has 4 heterocycles. The van der Waals surface area contributed by atoms with Crippen LogP contribution in [0.5, 0.6) is 5.75 Å². The average molecular weight is 700 g/mol. The number of esters is 1. The number of pyridine rings is 1. The van der Waals surface area contributed by atoms with Crippen molar-refractivity contribution in [3.05, 3.63) is 65.9 Å². The summed E-state index contributed by atoms with van der Waals surface area (Å²) >= 11 is 1.46. The highest BCUT2D eigenvalue weighted by Crippen LogP contribution is 2.34. The summed E-state index contributed by atoms with van der Waals surface area (Å²) in [5.74, 6) is -0.0286. The summed E-state index contributed by atoms with van der Waals surface area (Å²) in [6.07, 6.45) is 8.22. The highest BCUT2D eigenvalue weighted by molar-refractivity contribution is 7.22. The van der Waals surface area contributed by atoms with E-state index in [1.165, 1.54) is 11.3 Å². The Morgan fingerprint density at radius 2 is 1.82 bits per heavy atom. The van der Waals surface area contributed by atoms with Gasteiger partial charge in [-0.05, 0) is 74.4 Å². The van der Waals surface area contributed by atoms with Crippen LogP contribution in [-0.2, 0) is 15.9 Å². The van der Waals surface area contributed by atoms with Crippen LogP contribution < -0.4 is 15.0 Å². The lowest BCUT2D eigenvalue weighted by atomic mass is 9.98. The summed E-state index contributed by atoms with van der Waals surface area (Å²) in [5.41, 5.74) is 4.41. The number of carbonyl (C=O) groups is 2. The van der Waals surface area contributed by atoms with Crippen molar-refractivity contribution < 1.29 is 23.8 Å². The number of urea groups is 1. The minimum absolute atomic E-state index is 0.162. The van der Waals surface area contributed by atoms with Crippen LogP contribution in [0.4, 0.5) is 15.6 Å². The number of fused-ring (bicyclic) bond motifs is 2. The van der Waals surface area contributed by atoms with Gasteiger partial charge in [0.05, 0.1) is 35.7 Å². The summed E-state index contributed by atoms with van der Waals surface area (Å²) in [5, 5.41) is 3.59. The first-order valence-corrected chi connectivity index (χ1v) is 19.1. The third kappa shape index (κ3) is 9.18. The maximum absolute atomic E-state index is 13.8. The number of ether oxygens (including phenoxy) is 3. The molecule has 0 spiro atoms. The Morgan fingerprint density at radius 3 is 2.64 bits per heavy atom. The van der Waals surface area contributed by atoms with Crippen molar-refractivity contribution in [2.45, 2.75) is 77.7 Å². The number of hydrogen-bond donors (Lipinski definition) is 1. The third-order valence-electron chi connectivity index (χ3n) is 9.30. The summed E-state index contributed by atoms with van der Waals surface area (Å²) in [7, 11) is 0. The van der Waals surface area contributed by atoms with Gasteiger partial charge in [0.1, 0.15) is 6.10 Å². The zero-order chi connectivity index (χ0) is 34.7. The van der Waals surface area contributed by atoms with Gasteiger partial charge >= 0.3 is 12.0 Å². The monoisotopic (exact) mass is 699 g/mol. The third-order valence-corrected chi connectivity index (χ3v) is 10.2. The van der Waals surface area contributed by atoms with Crippen LogP contribution >= 0.6 is 11.3 Å². The Labute approximate surface area is 299 Å². The van der Waals surface area contributed by atoms with Crippen LogP contribution in [-0.4, -0.2) is 79.0 Å². The van der Waals surface area contributed by atoms with Crippen molar-refractivity contribution in [3.63, 3.8) is 0 Å². The van der Waals surface area contributed by atoms with E-state index in [-0.39, 0.29) is 17.8 Å². The molecule has 2 aromatic carbocycles. The quantitative estimate of drug-likeness (QED) is 0.0975. The van der Waals surface area contributed by atoms with E-state index in [1.54, 1.807) is 4.90 Å². The predicted molar refractivity (Wildman–Crippen MR) is 200 cm³/mol. The molecule has 266 valence electrons. The summed E-state index contributed by atoms with van der Waals surface area (Å²) in [4.78, 5) is 41.0. The minimum atomic E-state index is -0.459. The number of morpholine rings is 1. The summed E-state index contributed by atoms with van der Waals surface area (Å²) in [6.45, 7) is 9.61. The zero-order valence-corrected chi connectivity index (χ0v) is 30.1. The second-order valence-corrected chi connectivity index (χ2v) is 14.1. The van der Waals surface area contributed by atoms with E-state index in [4.69, 9.17) is 19.2 Å². The van der Waals surface area contributed by atoms with Crippen molar-refractivity contribution in [2.75, 3.05) is 56.2 Å². The molecule has 1 atom stereocenters. The fourth-order valence-electron chi connectivity index (χ4n) is 6.61. The van der Waals surface area contributed by atoms with Crippen molar-refractivity contribution in [1.29, 1.82) is 0 Å². The molecule has 0 radical (unpaired) electrons. The zero-order valence-electron chi connectivity index (χ0n) is 29.3. The van der Waals surface area contributed by atoms with Crippen LogP contribution in [0.1, 0.15) is 81.3 Å². The fraction of sp³-hybridized carbons (Fsp3) is 0.487. The molecule has 4 aromatic rings. The number of rotatable bonds is 15. The molecule has 1 fully saturated rings. The number of nitrogens with zero attached hydrogens (tertiary/aromatic N) is 4. The molecule has 1 unspecified atom stereocenters. The number of anilines is 2. The number of aryl methyl sites for hydroxylation is 1. The number of hydrogen-bond acceptors (Lipinski definition) is 9. The Hall–Kier alpha value is -4.06. The number of benzene rings is 2. The Kier molecular flexibility index (Phi) is 12.7. The van der Waals surface area contributed by atoms with E-state index in [1.807, 2.05) is 48.5 Å². The van der Waals surface area contributed by atoms with Crippen LogP contribution in [0.25, 0.3) is 21.5 Å². The molecule has 0 bridgehead atoms. The Morgan fingerprint density at radius 1 is 0.960 bits per heavy atom. The van der Waals surface area contributed by atoms with Crippen molar-refractivity contribution >= 4 is 44.4 Å². The smallest absolute Gasteiger partial charge is 0.361 e. The van der Waals surface area contributed by atoms with E-state index in [9.17, 15) is 9.59 Å². The lowest BCUT2D eigenvalue weighted by Crippen LogP contribution is -2.38. The van der Waals surface area contributed by atoms with Gasteiger partial charge in [-0.15, -0.1) is 0 Å². The summed E-state index contributed by atoms with van der Waals surface area (Å²) in [6, 6.07) is 17.4. The maximum atomic E-state index is 13.8. The van der Waals surface area contributed by atoms with Crippen molar-refractivity contribution in [3.8, 4) is 17.0 Å².